The topological polar surface area (TPSA) is 66.5 Å². The van der Waals surface area contributed by atoms with Gasteiger partial charge in [0, 0.05) is 19.0 Å². The normalized spacial score (nSPS) is 14.8. The highest BCUT2D eigenvalue weighted by Gasteiger charge is 2.23. The first-order chi connectivity index (χ1) is 9.86. The maximum atomic E-state index is 11.9. The molecule has 1 aliphatic carbocycles. The van der Waals surface area contributed by atoms with Gasteiger partial charge >= 0.3 is 0 Å². The smallest absolute Gasteiger partial charge is 0.232 e. The molecule has 0 heterocycles. The second-order valence-corrected chi connectivity index (χ2v) is 7.52. The van der Waals surface area contributed by atoms with Crippen LogP contribution in [0.5, 0.6) is 0 Å². The molecule has 1 saturated carbocycles. The van der Waals surface area contributed by atoms with E-state index in [9.17, 15) is 13.2 Å². The predicted molar refractivity (Wildman–Crippen MR) is 83.8 cm³/mol. The zero-order valence-electron chi connectivity index (χ0n) is 12.5. The zero-order valence-corrected chi connectivity index (χ0v) is 13.3. The molecule has 2 rings (SSSR count). The molecule has 0 saturated heterocycles. The lowest BCUT2D eigenvalue weighted by molar-refractivity contribution is -0.121. The summed E-state index contributed by atoms with van der Waals surface area (Å²) in [7, 11) is -3.34. The van der Waals surface area contributed by atoms with E-state index in [-0.39, 0.29) is 5.91 Å². The number of amides is 1. The minimum absolute atomic E-state index is 0.00913. The van der Waals surface area contributed by atoms with E-state index >= 15 is 0 Å². The van der Waals surface area contributed by atoms with E-state index in [0.29, 0.717) is 31.1 Å². The Labute approximate surface area is 126 Å². The van der Waals surface area contributed by atoms with Gasteiger partial charge in [0.05, 0.1) is 11.9 Å². The van der Waals surface area contributed by atoms with Crippen LogP contribution in [-0.2, 0) is 14.8 Å². The molecule has 1 fully saturated rings. The van der Waals surface area contributed by atoms with Crippen molar-refractivity contribution < 1.29 is 13.2 Å². The van der Waals surface area contributed by atoms with Crippen LogP contribution in [0.1, 0.15) is 31.2 Å². The standard InChI is InChI=1S/C15H22N2O3S/c1-12-5-9-14(10-6-12)17(21(2,19)20)11-3-4-15(18)16-13-7-8-13/h5-6,9-10,13H,3-4,7-8,11H2,1-2H3,(H,16,18). The number of sulfonamides is 1. The molecule has 0 spiro atoms. The Morgan fingerprint density at radius 2 is 1.90 bits per heavy atom. The molecule has 0 aromatic heterocycles. The van der Waals surface area contributed by atoms with Crippen molar-refractivity contribution in [2.24, 2.45) is 0 Å². The van der Waals surface area contributed by atoms with Crippen molar-refractivity contribution in [1.29, 1.82) is 0 Å². The van der Waals surface area contributed by atoms with Gasteiger partial charge in [0.25, 0.3) is 0 Å². The second kappa shape index (κ2) is 6.47. The fraction of sp³-hybridized carbons (Fsp3) is 0.533. The first kappa shape index (κ1) is 15.8. The van der Waals surface area contributed by atoms with E-state index in [1.807, 2.05) is 19.1 Å². The third kappa shape index (κ3) is 5.04. The number of nitrogens with one attached hydrogen (secondary N) is 1. The quantitative estimate of drug-likeness (QED) is 0.835. The molecule has 0 atom stereocenters. The van der Waals surface area contributed by atoms with Crippen molar-refractivity contribution in [2.75, 3.05) is 17.1 Å². The maximum absolute atomic E-state index is 11.9. The molecule has 1 aromatic rings. The van der Waals surface area contributed by atoms with Gasteiger partial charge in [-0.25, -0.2) is 8.42 Å². The van der Waals surface area contributed by atoms with Gasteiger partial charge in [-0.2, -0.15) is 0 Å². The van der Waals surface area contributed by atoms with Gasteiger partial charge in [-0.3, -0.25) is 9.10 Å². The van der Waals surface area contributed by atoms with Crippen molar-refractivity contribution in [3.05, 3.63) is 29.8 Å². The van der Waals surface area contributed by atoms with Crippen molar-refractivity contribution in [2.45, 2.75) is 38.6 Å². The zero-order chi connectivity index (χ0) is 15.5. The molecular formula is C15H22N2O3S. The van der Waals surface area contributed by atoms with Crippen LogP contribution in [0, 0.1) is 6.92 Å². The Bertz CT molecular complexity index is 592. The summed E-state index contributed by atoms with van der Waals surface area (Å²) in [5, 5.41) is 2.91. The molecule has 1 N–H and O–H groups in total. The first-order valence-corrected chi connectivity index (χ1v) is 9.05. The highest BCUT2D eigenvalue weighted by Crippen LogP contribution is 2.20. The summed E-state index contributed by atoms with van der Waals surface area (Å²) in [5.41, 5.74) is 1.72. The number of hydrogen-bond acceptors (Lipinski definition) is 3. The van der Waals surface area contributed by atoms with Gasteiger partial charge in [0.2, 0.25) is 15.9 Å². The van der Waals surface area contributed by atoms with Gasteiger partial charge in [-0.1, -0.05) is 17.7 Å². The highest BCUT2D eigenvalue weighted by molar-refractivity contribution is 7.92. The van der Waals surface area contributed by atoms with E-state index < -0.39 is 10.0 Å². The molecule has 0 aliphatic heterocycles. The van der Waals surface area contributed by atoms with Gasteiger partial charge in [0.15, 0.2) is 0 Å². The monoisotopic (exact) mass is 310 g/mol. The molecule has 21 heavy (non-hydrogen) atoms. The molecule has 1 aromatic carbocycles. The molecule has 0 unspecified atom stereocenters. The molecule has 6 heteroatoms. The Morgan fingerprint density at radius 3 is 2.43 bits per heavy atom. The van der Waals surface area contributed by atoms with Gasteiger partial charge in [-0.05, 0) is 38.3 Å². The Hall–Kier alpha value is -1.56. The Kier molecular flexibility index (Phi) is 4.88. The maximum Gasteiger partial charge on any atom is 0.232 e. The van der Waals surface area contributed by atoms with Crippen LogP contribution in [0.15, 0.2) is 24.3 Å². The first-order valence-electron chi connectivity index (χ1n) is 7.20. The molecule has 0 radical (unpaired) electrons. The minimum atomic E-state index is -3.34. The number of nitrogens with zero attached hydrogens (tertiary/aromatic N) is 1. The summed E-state index contributed by atoms with van der Waals surface area (Å²) in [6, 6.07) is 7.70. The van der Waals surface area contributed by atoms with Crippen LogP contribution in [-0.4, -0.2) is 33.2 Å². The number of carbonyl (C=O) groups is 1. The largest absolute Gasteiger partial charge is 0.353 e. The fourth-order valence-corrected chi connectivity index (χ4v) is 3.07. The van der Waals surface area contributed by atoms with Crippen LogP contribution in [0.4, 0.5) is 5.69 Å². The summed E-state index contributed by atoms with van der Waals surface area (Å²) >= 11 is 0. The summed E-state index contributed by atoms with van der Waals surface area (Å²) in [6.45, 7) is 2.27. The van der Waals surface area contributed by atoms with Crippen LogP contribution in [0.3, 0.4) is 0 Å². The van der Waals surface area contributed by atoms with Crippen LogP contribution >= 0.6 is 0 Å². The predicted octanol–water partition coefficient (Wildman–Crippen LogP) is 1.82. The summed E-state index contributed by atoms with van der Waals surface area (Å²) in [4.78, 5) is 11.6. The molecule has 116 valence electrons. The lowest BCUT2D eigenvalue weighted by Gasteiger charge is -2.22. The number of benzene rings is 1. The van der Waals surface area contributed by atoms with E-state index in [1.54, 1.807) is 12.1 Å². The summed E-state index contributed by atoms with van der Waals surface area (Å²) in [5.74, 6) is 0.00913. The van der Waals surface area contributed by atoms with Crippen molar-refractivity contribution in [3.8, 4) is 0 Å². The third-order valence-electron chi connectivity index (χ3n) is 3.43. The Balaban J connectivity index is 1.93. The van der Waals surface area contributed by atoms with Crippen LogP contribution in [0.2, 0.25) is 0 Å². The number of rotatable bonds is 7. The molecule has 1 amide bonds. The third-order valence-corrected chi connectivity index (χ3v) is 4.62. The Morgan fingerprint density at radius 1 is 1.29 bits per heavy atom. The van der Waals surface area contributed by atoms with Crippen LogP contribution in [0.25, 0.3) is 0 Å². The SMILES string of the molecule is Cc1ccc(N(CCCC(=O)NC2CC2)S(C)(=O)=O)cc1. The summed E-state index contributed by atoms with van der Waals surface area (Å²) < 4.78 is 25.2. The average Bonchev–Trinajstić information content (AvgIpc) is 3.18. The molecule has 1 aliphatic rings. The van der Waals surface area contributed by atoms with Gasteiger partial charge in [0.1, 0.15) is 0 Å². The summed E-state index contributed by atoms with van der Waals surface area (Å²) in [6.07, 6.45) is 4.18. The van der Waals surface area contributed by atoms with Crippen molar-refractivity contribution in [1.82, 2.24) is 5.32 Å². The molecule has 0 bridgehead atoms. The van der Waals surface area contributed by atoms with Crippen molar-refractivity contribution in [3.63, 3.8) is 0 Å². The number of aryl methyl sites for hydroxylation is 1. The second-order valence-electron chi connectivity index (χ2n) is 5.62. The van der Waals surface area contributed by atoms with E-state index in [4.69, 9.17) is 0 Å². The van der Waals surface area contributed by atoms with E-state index in [1.165, 1.54) is 10.6 Å². The lowest BCUT2D eigenvalue weighted by Crippen LogP contribution is -2.32. The lowest BCUT2D eigenvalue weighted by atomic mass is 10.2. The number of anilines is 1. The minimum Gasteiger partial charge on any atom is -0.353 e. The number of carbonyl (C=O) groups excluding carboxylic acids is 1. The average molecular weight is 310 g/mol. The molecular weight excluding hydrogens is 288 g/mol. The van der Waals surface area contributed by atoms with Gasteiger partial charge in [-0.15, -0.1) is 0 Å². The van der Waals surface area contributed by atoms with E-state index in [2.05, 4.69) is 5.32 Å². The highest BCUT2D eigenvalue weighted by atomic mass is 32.2. The fourth-order valence-electron chi connectivity index (χ4n) is 2.11. The number of hydrogen-bond donors (Lipinski definition) is 1. The van der Waals surface area contributed by atoms with Crippen LogP contribution < -0.4 is 9.62 Å². The van der Waals surface area contributed by atoms with Crippen molar-refractivity contribution >= 4 is 21.6 Å². The van der Waals surface area contributed by atoms with Gasteiger partial charge < -0.3 is 5.32 Å². The van der Waals surface area contributed by atoms with E-state index in [0.717, 1.165) is 18.4 Å². The molecule has 5 nitrogen and oxygen atoms in total.